The van der Waals surface area contributed by atoms with Gasteiger partial charge in [-0.15, -0.1) is 0 Å². The standard InChI is InChI=1S/C12H21N3O3/c1(10-4-16-10)13-7-14(2-11-5-17-11)9-15(8-13)3-12-6-18-12/h10-12H,1-9H2. The van der Waals surface area contributed by atoms with Gasteiger partial charge in [-0.05, 0) is 0 Å². The first-order chi connectivity index (χ1) is 8.85. The predicted molar refractivity (Wildman–Crippen MR) is 63.9 cm³/mol. The summed E-state index contributed by atoms with van der Waals surface area (Å²) in [7, 11) is 0. The van der Waals surface area contributed by atoms with E-state index < -0.39 is 0 Å². The van der Waals surface area contributed by atoms with Gasteiger partial charge in [-0.25, -0.2) is 0 Å². The third kappa shape index (κ3) is 3.20. The third-order valence-electron chi connectivity index (χ3n) is 3.79. The fourth-order valence-electron chi connectivity index (χ4n) is 2.71. The normalized spacial score (nSPS) is 41.0. The molecule has 4 aliphatic rings. The molecular formula is C12H21N3O3. The molecule has 4 fully saturated rings. The van der Waals surface area contributed by atoms with Gasteiger partial charge in [0.2, 0.25) is 0 Å². The van der Waals surface area contributed by atoms with Crippen molar-refractivity contribution in [3.8, 4) is 0 Å². The molecule has 6 heteroatoms. The molecule has 0 saturated carbocycles. The summed E-state index contributed by atoms with van der Waals surface area (Å²) in [6.45, 7) is 9.12. The molecule has 0 aromatic rings. The first-order valence-corrected chi connectivity index (χ1v) is 6.87. The lowest BCUT2D eigenvalue weighted by molar-refractivity contribution is -0.0363. The molecule has 0 spiro atoms. The van der Waals surface area contributed by atoms with Crippen LogP contribution >= 0.6 is 0 Å². The molecule has 0 radical (unpaired) electrons. The van der Waals surface area contributed by atoms with E-state index in [2.05, 4.69) is 14.7 Å². The Labute approximate surface area is 107 Å². The number of hydrogen-bond acceptors (Lipinski definition) is 6. The quantitative estimate of drug-likeness (QED) is 0.566. The SMILES string of the molecule is C1OC1CN1CN(CC2CO2)CN(CC2CO2)C1. The van der Waals surface area contributed by atoms with Crippen LogP contribution in [0.15, 0.2) is 0 Å². The molecule has 3 unspecified atom stereocenters. The minimum Gasteiger partial charge on any atom is -0.372 e. The van der Waals surface area contributed by atoms with Crippen molar-refractivity contribution in [3.05, 3.63) is 0 Å². The van der Waals surface area contributed by atoms with Crippen LogP contribution in [0.2, 0.25) is 0 Å². The fourth-order valence-corrected chi connectivity index (χ4v) is 2.71. The molecule has 0 aromatic heterocycles. The largest absolute Gasteiger partial charge is 0.372 e. The Hall–Kier alpha value is -0.240. The van der Waals surface area contributed by atoms with Crippen molar-refractivity contribution in [2.45, 2.75) is 18.3 Å². The fraction of sp³-hybridized carbons (Fsp3) is 1.00. The maximum absolute atomic E-state index is 5.34. The summed E-state index contributed by atoms with van der Waals surface area (Å²) in [5, 5.41) is 0. The van der Waals surface area contributed by atoms with Crippen LogP contribution in [0.1, 0.15) is 0 Å². The van der Waals surface area contributed by atoms with Gasteiger partial charge >= 0.3 is 0 Å². The Morgan fingerprint density at radius 3 is 1.11 bits per heavy atom. The Morgan fingerprint density at radius 2 is 0.889 bits per heavy atom. The molecule has 0 aromatic carbocycles. The van der Waals surface area contributed by atoms with Gasteiger partial charge < -0.3 is 14.2 Å². The van der Waals surface area contributed by atoms with E-state index in [9.17, 15) is 0 Å². The van der Waals surface area contributed by atoms with Gasteiger partial charge in [0, 0.05) is 19.6 Å². The lowest BCUT2D eigenvalue weighted by atomic mass is 10.3. The summed E-state index contributed by atoms with van der Waals surface area (Å²) in [6.07, 6.45) is 1.42. The van der Waals surface area contributed by atoms with Crippen molar-refractivity contribution < 1.29 is 14.2 Å². The van der Waals surface area contributed by atoms with Crippen molar-refractivity contribution in [2.75, 3.05) is 59.5 Å². The average Bonchev–Trinajstić information content (AvgIpc) is 3.17. The zero-order valence-corrected chi connectivity index (χ0v) is 10.7. The molecule has 0 amide bonds. The monoisotopic (exact) mass is 255 g/mol. The molecule has 102 valence electrons. The van der Waals surface area contributed by atoms with E-state index in [1.807, 2.05) is 0 Å². The molecule has 0 N–H and O–H groups in total. The Kier molecular flexibility index (Phi) is 3.02. The highest BCUT2D eigenvalue weighted by atomic mass is 16.6. The van der Waals surface area contributed by atoms with Crippen molar-refractivity contribution in [1.82, 2.24) is 14.7 Å². The Bertz CT molecular complexity index is 251. The summed E-state index contributed by atoms with van der Waals surface area (Å²) >= 11 is 0. The van der Waals surface area contributed by atoms with Gasteiger partial charge in [0.15, 0.2) is 0 Å². The topological polar surface area (TPSA) is 47.3 Å². The number of nitrogens with zero attached hydrogens (tertiary/aromatic N) is 3. The van der Waals surface area contributed by atoms with Crippen LogP contribution in [0.5, 0.6) is 0 Å². The number of ether oxygens (including phenoxy) is 3. The second-order valence-electron chi connectivity index (χ2n) is 5.85. The zero-order chi connectivity index (χ0) is 11.9. The Balaban J connectivity index is 1.33. The van der Waals surface area contributed by atoms with E-state index in [0.29, 0.717) is 18.3 Å². The molecule has 0 bridgehead atoms. The second kappa shape index (κ2) is 4.70. The van der Waals surface area contributed by atoms with Gasteiger partial charge in [-0.2, -0.15) is 0 Å². The van der Waals surface area contributed by atoms with Crippen LogP contribution < -0.4 is 0 Å². The van der Waals surface area contributed by atoms with E-state index in [4.69, 9.17) is 14.2 Å². The first kappa shape index (κ1) is 11.6. The van der Waals surface area contributed by atoms with Crippen LogP contribution in [0.4, 0.5) is 0 Å². The molecule has 6 nitrogen and oxygen atoms in total. The molecule has 4 saturated heterocycles. The van der Waals surface area contributed by atoms with Crippen LogP contribution in [-0.2, 0) is 14.2 Å². The van der Waals surface area contributed by atoms with Crippen LogP contribution in [-0.4, -0.2) is 92.5 Å². The highest BCUT2D eigenvalue weighted by Gasteiger charge is 2.35. The van der Waals surface area contributed by atoms with E-state index in [-0.39, 0.29) is 0 Å². The first-order valence-electron chi connectivity index (χ1n) is 6.87. The van der Waals surface area contributed by atoms with E-state index in [1.165, 1.54) is 0 Å². The van der Waals surface area contributed by atoms with Crippen LogP contribution in [0.3, 0.4) is 0 Å². The van der Waals surface area contributed by atoms with Crippen molar-refractivity contribution >= 4 is 0 Å². The molecule has 0 aliphatic carbocycles. The average molecular weight is 255 g/mol. The number of epoxide rings is 3. The molecule has 3 atom stereocenters. The number of hydrogen-bond donors (Lipinski definition) is 0. The van der Waals surface area contributed by atoms with Crippen molar-refractivity contribution in [1.29, 1.82) is 0 Å². The van der Waals surface area contributed by atoms with E-state index in [0.717, 1.165) is 59.5 Å². The second-order valence-corrected chi connectivity index (χ2v) is 5.85. The maximum Gasteiger partial charge on any atom is 0.0937 e. The summed E-state index contributed by atoms with van der Waals surface area (Å²) in [5.41, 5.74) is 0. The van der Waals surface area contributed by atoms with Gasteiger partial charge in [-0.1, -0.05) is 0 Å². The van der Waals surface area contributed by atoms with Gasteiger partial charge in [0.25, 0.3) is 0 Å². The predicted octanol–water partition coefficient (Wildman–Crippen LogP) is -1.03. The summed E-state index contributed by atoms with van der Waals surface area (Å²) < 4.78 is 16.0. The van der Waals surface area contributed by atoms with Crippen molar-refractivity contribution in [2.24, 2.45) is 0 Å². The minimum atomic E-state index is 0.473. The lowest BCUT2D eigenvalue weighted by Crippen LogP contribution is -2.57. The van der Waals surface area contributed by atoms with Crippen LogP contribution in [0.25, 0.3) is 0 Å². The zero-order valence-electron chi connectivity index (χ0n) is 10.7. The summed E-state index contributed by atoms with van der Waals surface area (Å²) in [5.74, 6) is 0. The molecular weight excluding hydrogens is 234 g/mol. The van der Waals surface area contributed by atoms with Crippen molar-refractivity contribution in [3.63, 3.8) is 0 Å². The van der Waals surface area contributed by atoms with Gasteiger partial charge in [0.05, 0.1) is 58.1 Å². The highest BCUT2D eigenvalue weighted by Crippen LogP contribution is 2.19. The minimum absolute atomic E-state index is 0.473. The molecule has 4 rings (SSSR count). The van der Waals surface area contributed by atoms with Gasteiger partial charge in [-0.3, -0.25) is 14.7 Å². The third-order valence-corrected chi connectivity index (χ3v) is 3.79. The van der Waals surface area contributed by atoms with Crippen LogP contribution in [0, 0.1) is 0 Å². The van der Waals surface area contributed by atoms with Gasteiger partial charge in [0.1, 0.15) is 0 Å². The molecule has 4 aliphatic heterocycles. The smallest absolute Gasteiger partial charge is 0.0937 e. The molecule has 18 heavy (non-hydrogen) atoms. The summed E-state index contributed by atoms with van der Waals surface area (Å²) in [4.78, 5) is 7.43. The maximum atomic E-state index is 5.34. The van der Waals surface area contributed by atoms with E-state index in [1.54, 1.807) is 0 Å². The highest BCUT2D eigenvalue weighted by molar-refractivity contribution is 4.83. The molecule has 4 heterocycles. The number of rotatable bonds is 6. The summed E-state index contributed by atoms with van der Waals surface area (Å²) in [6, 6.07) is 0. The Morgan fingerprint density at radius 1 is 0.611 bits per heavy atom. The van der Waals surface area contributed by atoms with E-state index >= 15 is 0 Å². The lowest BCUT2D eigenvalue weighted by Gasteiger charge is -2.41.